The fourth-order valence-electron chi connectivity index (χ4n) is 2.37. The highest BCUT2D eigenvalue weighted by atomic mass is 32.2. The summed E-state index contributed by atoms with van der Waals surface area (Å²) in [5, 5.41) is 1.18. The maximum atomic E-state index is 5.70. The van der Waals surface area contributed by atoms with Crippen molar-refractivity contribution in [2.45, 2.75) is 16.2 Å². The minimum atomic E-state index is 0.666. The molecule has 0 radical (unpaired) electrons. The summed E-state index contributed by atoms with van der Waals surface area (Å²) in [6.07, 6.45) is 2.95. The lowest BCUT2D eigenvalue weighted by Gasteiger charge is -2.07. The number of nitrogens with one attached hydrogen (secondary N) is 1. The van der Waals surface area contributed by atoms with Crippen LogP contribution in [0.1, 0.15) is 5.56 Å². The average molecular weight is 298 g/mol. The minimum absolute atomic E-state index is 0.666. The van der Waals surface area contributed by atoms with E-state index in [0.29, 0.717) is 6.54 Å². The highest BCUT2D eigenvalue weighted by Crippen LogP contribution is 2.36. The topological polar surface area (TPSA) is 51.0 Å². The minimum Gasteiger partial charge on any atom is -0.497 e. The van der Waals surface area contributed by atoms with Crippen molar-refractivity contribution < 1.29 is 4.74 Å². The zero-order chi connectivity index (χ0) is 14.7. The Morgan fingerprint density at radius 2 is 2.00 bits per heavy atom. The van der Waals surface area contributed by atoms with Crippen LogP contribution < -0.4 is 10.5 Å². The molecule has 1 heterocycles. The summed E-state index contributed by atoms with van der Waals surface area (Å²) in [5.41, 5.74) is 8.11. The molecule has 3 nitrogen and oxygen atoms in total. The second-order valence-electron chi connectivity index (χ2n) is 4.81. The molecule has 108 valence electrons. The van der Waals surface area contributed by atoms with Crippen LogP contribution in [-0.4, -0.2) is 18.6 Å². The summed E-state index contributed by atoms with van der Waals surface area (Å²) < 4.78 is 5.32. The lowest BCUT2D eigenvalue weighted by atomic mass is 10.1. The molecule has 2 aromatic carbocycles. The van der Waals surface area contributed by atoms with Crippen molar-refractivity contribution in [2.24, 2.45) is 5.73 Å². The highest BCUT2D eigenvalue weighted by molar-refractivity contribution is 7.99. The van der Waals surface area contributed by atoms with Crippen LogP contribution in [0, 0.1) is 0 Å². The Bertz CT molecular complexity index is 751. The molecule has 0 aliphatic heterocycles. The van der Waals surface area contributed by atoms with Crippen LogP contribution in [0.2, 0.25) is 0 Å². The molecule has 4 heteroatoms. The Labute approximate surface area is 128 Å². The van der Waals surface area contributed by atoms with Crippen molar-refractivity contribution in [1.82, 2.24) is 4.98 Å². The van der Waals surface area contributed by atoms with E-state index in [-0.39, 0.29) is 0 Å². The number of H-pyrrole nitrogens is 1. The van der Waals surface area contributed by atoms with Gasteiger partial charge in [-0.2, -0.15) is 0 Å². The molecule has 0 fully saturated rings. The summed E-state index contributed by atoms with van der Waals surface area (Å²) in [5.74, 6) is 0.874. The van der Waals surface area contributed by atoms with Gasteiger partial charge in [-0.1, -0.05) is 30.0 Å². The Hall–Kier alpha value is -1.91. The van der Waals surface area contributed by atoms with Gasteiger partial charge in [0, 0.05) is 26.9 Å². The lowest BCUT2D eigenvalue weighted by molar-refractivity contribution is 0.415. The second-order valence-corrected chi connectivity index (χ2v) is 5.90. The normalized spacial score (nSPS) is 11.0. The summed E-state index contributed by atoms with van der Waals surface area (Å²) in [6, 6.07) is 14.5. The molecule has 0 aliphatic carbocycles. The van der Waals surface area contributed by atoms with Crippen molar-refractivity contribution in [1.29, 1.82) is 0 Å². The molecule has 0 aliphatic rings. The van der Waals surface area contributed by atoms with Gasteiger partial charge in [-0.3, -0.25) is 0 Å². The quantitative estimate of drug-likeness (QED) is 0.752. The summed E-state index contributed by atoms with van der Waals surface area (Å²) in [6.45, 7) is 0.666. The number of methoxy groups -OCH3 is 1. The Morgan fingerprint density at radius 3 is 2.81 bits per heavy atom. The molecule has 3 rings (SSSR count). The largest absolute Gasteiger partial charge is 0.497 e. The van der Waals surface area contributed by atoms with Gasteiger partial charge in [0.1, 0.15) is 5.75 Å². The number of ether oxygens (including phenoxy) is 1. The molecule has 21 heavy (non-hydrogen) atoms. The fraction of sp³-hybridized carbons (Fsp3) is 0.176. The molecule has 0 saturated heterocycles. The van der Waals surface area contributed by atoms with Gasteiger partial charge >= 0.3 is 0 Å². The summed E-state index contributed by atoms with van der Waals surface area (Å²) >= 11 is 1.77. The van der Waals surface area contributed by atoms with E-state index >= 15 is 0 Å². The van der Waals surface area contributed by atoms with Crippen molar-refractivity contribution >= 4 is 22.7 Å². The molecule has 0 spiro atoms. The van der Waals surface area contributed by atoms with E-state index in [0.717, 1.165) is 17.7 Å². The first-order valence-electron chi connectivity index (χ1n) is 6.93. The number of nitrogens with two attached hydrogens (primary N) is 1. The van der Waals surface area contributed by atoms with E-state index in [1.54, 1.807) is 18.9 Å². The van der Waals surface area contributed by atoms with Gasteiger partial charge < -0.3 is 15.5 Å². The fourth-order valence-corrected chi connectivity index (χ4v) is 3.45. The van der Waals surface area contributed by atoms with Crippen LogP contribution in [0.4, 0.5) is 0 Å². The molecule has 0 saturated carbocycles. The summed E-state index contributed by atoms with van der Waals surface area (Å²) in [4.78, 5) is 5.77. The van der Waals surface area contributed by atoms with Crippen LogP contribution >= 0.6 is 11.8 Å². The SMILES string of the molecule is COc1ccc2[nH]cc(Sc3ccccc3CCN)c2c1. The van der Waals surface area contributed by atoms with Crippen molar-refractivity contribution in [3.05, 3.63) is 54.2 Å². The van der Waals surface area contributed by atoms with Crippen LogP contribution in [0.15, 0.2) is 58.5 Å². The molecule has 3 N–H and O–H groups in total. The second kappa shape index (κ2) is 6.24. The van der Waals surface area contributed by atoms with Gasteiger partial charge in [0.05, 0.1) is 7.11 Å². The van der Waals surface area contributed by atoms with Crippen molar-refractivity contribution in [3.8, 4) is 5.75 Å². The number of aromatic nitrogens is 1. The van der Waals surface area contributed by atoms with E-state index in [1.165, 1.54) is 20.7 Å². The van der Waals surface area contributed by atoms with E-state index in [9.17, 15) is 0 Å². The maximum Gasteiger partial charge on any atom is 0.119 e. The van der Waals surface area contributed by atoms with Crippen LogP contribution in [0.5, 0.6) is 5.75 Å². The van der Waals surface area contributed by atoms with Gasteiger partial charge in [0.15, 0.2) is 0 Å². The first kappa shape index (κ1) is 14.0. The number of hydrogen-bond acceptors (Lipinski definition) is 3. The molecule has 0 amide bonds. The maximum absolute atomic E-state index is 5.70. The first-order chi connectivity index (χ1) is 10.3. The zero-order valence-corrected chi connectivity index (χ0v) is 12.7. The third kappa shape index (κ3) is 2.91. The Balaban J connectivity index is 1.98. The van der Waals surface area contributed by atoms with Crippen LogP contribution in [0.25, 0.3) is 10.9 Å². The van der Waals surface area contributed by atoms with E-state index in [4.69, 9.17) is 10.5 Å². The zero-order valence-electron chi connectivity index (χ0n) is 11.9. The Kier molecular flexibility index (Phi) is 4.18. The van der Waals surface area contributed by atoms with Gasteiger partial charge in [0.2, 0.25) is 0 Å². The molecular formula is C17H18N2OS. The average Bonchev–Trinajstić information content (AvgIpc) is 2.92. The molecule has 3 aromatic rings. The predicted octanol–water partition coefficient (Wildman–Crippen LogP) is 3.83. The van der Waals surface area contributed by atoms with Crippen LogP contribution in [-0.2, 0) is 6.42 Å². The third-order valence-electron chi connectivity index (χ3n) is 3.46. The number of hydrogen-bond donors (Lipinski definition) is 2. The molecule has 1 aromatic heterocycles. The number of rotatable bonds is 5. The predicted molar refractivity (Wildman–Crippen MR) is 88.2 cm³/mol. The number of aromatic amines is 1. The number of benzene rings is 2. The van der Waals surface area contributed by atoms with Crippen LogP contribution in [0.3, 0.4) is 0 Å². The smallest absolute Gasteiger partial charge is 0.119 e. The molecule has 0 bridgehead atoms. The Morgan fingerprint density at radius 1 is 1.14 bits per heavy atom. The lowest BCUT2D eigenvalue weighted by Crippen LogP contribution is -2.03. The van der Waals surface area contributed by atoms with Gasteiger partial charge in [-0.05, 0) is 42.8 Å². The van der Waals surface area contributed by atoms with Gasteiger partial charge in [-0.15, -0.1) is 0 Å². The van der Waals surface area contributed by atoms with Crippen molar-refractivity contribution in [2.75, 3.05) is 13.7 Å². The third-order valence-corrected chi connectivity index (χ3v) is 4.63. The molecule has 0 unspecified atom stereocenters. The summed E-state index contributed by atoms with van der Waals surface area (Å²) in [7, 11) is 1.69. The molecular weight excluding hydrogens is 280 g/mol. The van der Waals surface area contributed by atoms with E-state index < -0.39 is 0 Å². The highest BCUT2D eigenvalue weighted by Gasteiger charge is 2.09. The monoisotopic (exact) mass is 298 g/mol. The van der Waals surface area contributed by atoms with E-state index in [2.05, 4.69) is 35.3 Å². The van der Waals surface area contributed by atoms with Gasteiger partial charge in [0.25, 0.3) is 0 Å². The first-order valence-corrected chi connectivity index (χ1v) is 7.74. The number of fused-ring (bicyclic) bond motifs is 1. The molecule has 0 atom stereocenters. The standard InChI is InChI=1S/C17H18N2OS/c1-20-13-6-7-15-14(10-13)17(11-19-15)21-16-5-3-2-4-12(16)8-9-18/h2-7,10-11,19H,8-9,18H2,1H3. The van der Waals surface area contributed by atoms with Gasteiger partial charge in [-0.25, -0.2) is 0 Å². The van der Waals surface area contributed by atoms with E-state index in [1.807, 2.05) is 18.3 Å². The van der Waals surface area contributed by atoms with Crippen molar-refractivity contribution in [3.63, 3.8) is 0 Å².